The molecule has 23 heavy (non-hydrogen) atoms. The Bertz CT molecular complexity index is 658. The summed E-state index contributed by atoms with van der Waals surface area (Å²) in [6.45, 7) is 2.10. The van der Waals surface area contributed by atoms with Gasteiger partial charge < -0.3 is 15.5 Å². The summed E-state index contributed by atoms with van der Waals surface area (Å²) in [5.74, 6) is -0.0196. The summed E-state index contributed by atoms with van der Waals surface area (Å²) in [6, 6.07) is 13.8. The Kier molecular flexibility index (Phi) is 5.05. The van der Waals surface area contributed by atoms with Gasteiger partial charge in [-0.2, -0.15) is 0 Å². The molecule has 120 valence electrons. The number of carbonyl (C=O) groups excluding carboxylic acids is 2. The highest BCUT2D eigenvalue weighted by atomic mass is 32.1. The number of piperazine rings is 1. The molecule has 0 bridgehead atoms. The quantitative estimate of drug-likeness (QED) is 0.721. The van der Waals surface area contributed by atoms with Gasteiger partial charge in [-0.1, -0.05) is 36.4 Å². The van der Waals surface area contributed by atoms with Gasteiger partial charge in [-0.3, -0.25) is 9.59 Å². The Morgan fingerprint density at radius 2 is 2.09 bits per heavy atom. The predicted molar refractivity (Wildman–Crippen MR) is 89.3 cm³/mol. The molecule has 1 fully saturated rings. The van der Waals surface area contributed by atoms with Crippen LogP contribution in [0.15, 0.2) is 47.8 Å². The second-order valence-electron chi connectivity index (χ2n) is 5.63. The Balaban J connectivity index is 1.69. The SMILES string of the molecule is O=C1C[NH+](CC(=O)N[C@H](c2ccccc2)c2cccs2)CCN1. The lowest BCUT2D eigenvalue weighted by molar-refractivity contribution is -0.885. The van der Waals surface area contributed by atoms with Gasteiger partial charge in [-0.05, 0) is 17.0 Å². The molecule has 1 aromatic heterocycles. The predicted octanol–water partition coefficient (Wildman–Crippen LogP) is -0.0316. The van der Waals surface area contributed by atoms with Crippen molar-refractivity contribution in [2.24, 2.45) is 0 Å². The smallest absolute Gasteiger partial charge is 0.275 e. The molecule has 0 radical (unpaired) electrons. The number of rotatable bonds is 5. The third-order valence-electron chi connectivity index (χ3n) is 3.89. The first-order valence-electron chi connectivity index (χ1n) is 7.70. The fourth-order valence-electron chi connectivity index (χ4n) is 2.77. The van der Waals surface area contributed by atoms with E-state index in [1.54, 1.807) is 11.3 Å². The van der Waals surface area contributed by atoms with E-state index >= 15 is 0 Å². The molecule has 5 nitrogen and oxygen atoms in total. The molecule has 2 atom stereocenters. The summed E-state index contributed by atoms with van der Waals surface area (Å²) in [7, 11) is 0. The van der Waals surface area contributed by atoms with Crippen molar-refractivity contribution in [1.29, 1.82) is 0 Å². The van der Waals surface area contributed by atoms with Crippen molar-refractivity contribution in [2.75, 3.05) is 26.2 Å². The topological polar surface area (TPSA) is 62.6 Å². The van der Waals surface area contributed by atoms with Gasteiger partial charge in [-0.15, -0.1) is 11.3 Å². The van der Waals surface area contributed by atoms with E-state index in [0.717, 1.165) is 21.9 Å². The van der Waals surface area contributed by atoms with Crippen molar-refractivity contribution >= 4 is 23.2 Å². The third kappa shape index (κ3) is 4.18. The number of carbonyl (C=O) groups is 2. The van der Waals surface area contributed by atoms with E-state index in [1.165, 1.54) is 0 Å². The molecule has 0 aliphatic carbocycles. The maximum atomic E-state index is 12.4. The number of quaternary nitrogens is 1. The number of amides is 2. The Hall–Kier alpha value is -2.18. The van der Waals surface area contributed by atoms with E-state index in [9.17, 15) is 9.59 Å². The van der Waals surface area contributed by atoms with Crippen molar-refractivity contribution in [3.05, 3.63) is 58.3 Å². The van der Waals surface area contributed by atoms with Crippen LogP contribution >= 0.6 is 11.3 Å². The van der Waals surface area contributed by atoms with Crippen molar-refractivity contribution in [3.63, 3.8) is 0 Å². The normalized spacial score (nSPS) is 19.0. The average molecular weight is 330 g/mol. The lowest BCUT2D eigenvalue weighted by Gasteiger charge is -2.24. The first-order valence-corrected chi connectivity index (χ1v) is 8.58. The Morgan fingerprint density at radius 1 is 1.26 bits per heavy atom. The van der Waals surface area contributed by atoms with Gasteiger partial charge in [0, 0.05) is 4.88 Å². The van der Waals surface area contributed by atoms with E-state index in [-0.39, 0.29) is 17.9 Å². The summed E-state index contributed by atoms with van der Waals surface area (Å²) < 4.78 is 0. The van der Waals surface area contributed by atoms with Gasteiger partial charge >= 0.3 is 0 Å². The average Bonchev–Trinajstić information content (AvgIpc) is 3.07. The highest BCUT2D eigenvalue weighted by Crippen LogP contribution is 2.25. The molecule has 1 saturated heterocycles. The summed E-state index contributed by atoms with van der Waals surface area (Å²) in [4.78, 5) is 26.0. The lowest BCUT2D eigenvalue weighted by Crippen LogP contribution is -3.16. The Morgan fingerprint density at radius 3 is 2.78 bits per heavy atom. The minimum atomic E-state index is -0.137. The summed E-state index contributed by atoms with van der Waals surface area (Å²) >= 11 is 1.63. The summed E-state index contributed by atoms with van der Waals surface area (Å²) in [5, 5.41) is 7.91. The molecule has 2 heterocycles. The molecular formula is C17H20N3O2S+. The number of thiophene rings is 1. The monoisotopic (exact) mass is 330 g/mol. The fourth-order valence-corrected chi connectivity index (χ4v) is 3.57. The van der Waals surface area contributed by atoms with Gasteiger partial charge in [0.25, 0.3) is 11.8 Å². The van der Waals surface area contributed by atoms with Crippen molar-refractivity contribution in [3.8, 4) is 0 Å². The van der Waals surface area contributed by atoms with Crippen LogP contribution < -0.4 is 15.5 Å². The molecule has 2 amide bonds. The molecule has 1 unspecified atom stereocenters. The number of hydrogen-bond donors (Lipinski definition) is 3. The maximum Gasteiger partial charge on any atom is 0.275 e. The van der Waals surface area contributed by atoms with E-state index < -0.39 is 0 Å². The zero-order valence-corrected chi connectivity index (χ0v) is 13.6. The van der Waals surface area contributed by atoms with Crippen molar-refractivity contribution in [1.82, 2.24) is 10.6 Å². The molecule has 0 saturated carbocycles. The van der Waals surface area contributed by atoms with Crippen LogP contribution in [0.5, 0.6) is 0 Å². The van der Waals surface area contributed by atoms with Gasteiger partial charge in [0.2, 0.25) is 0 Å². The maximum absolute atomic E-state index is 12.4. The molecule has 1 aliphatic heterocycles. The van der Waals surface area contributed by atoms with E-state index in [1.807, 2.05) is 47.8 Å². The van der Waals surface area contributed by atoms with E-state index in [0.29, 0.717) is 19.6 Å². The standard InChI is InChI=1S/C17H19N3O2S/c21-15-11-20(9-8-18-15)12-16(22)19-17(14-7-4-10-23-14)13-5-2-1-3-6-13/h1-7,10,17H,8-9,11-12H2,(H,18,21)(H,19,22)/p+1/t17-/m1/s1. The number of hydrogen-bond acceptors (Lipinski definition) is 3. The fraction of sp³-hybridized carbons (Fsp3) is 0.294. The molecule has 1 aliphatic rings. The molecule has 6 heteroatoms. The van der Waals surface area contributed by atoms with Crippen molar-refractivity contribution < 1.29 is 14.5 Å². The van der Waals surface area contributed by atoms with Crippen LogP contribution in [0.2, 0.25) is 0 Å². The zero-order valence-electron chi connectivity index (χ0n) is 12.7. The molecule has 2 aromatic rings. The minimum Gasteiger partial charge on any atom is -0.346 e. The zero-order chi connectivity index (χ0) is 16.1. The summed E-state index contributed by atoms with van der Waals surface area (Å²) in [5.41, 5.74) is 1.06. The highest BCUT2D eigenvalue weighted by Gasteiger charge is 2.24. The Labute approximate surface area is 139 Å². The van der Waals surface area contributed by atoms with Gasteiger partial charge in [0.05, 0.1) is 19.1 Å². The summed E-state index contributed by atoms with van der Waals surface area (Å²) in [6.07, 6.45) is 0. The van der Waals surface area contributed by atoms with Gasteiger partial charge in [0.1, 0.15) is 0 Å². The van der Waals surface area contributed by atoms with Crippen LogP contribution in [0.4, 0.5) is 0 Å². The van der Waals surface area contributed by atoms with Gasteiger partial charge in [-0.25, -0.2) is 0 Å². The molecule has 0 spiro atoms. The first-order chi connectivity index (χ1) is 11.2. The minimum absolute atomic E-state index is 0.0110. The van der Waals surface area contributed by atoms with Crippen LogP contribution in [-0.2, 0) is 9.59 Å². The number of nitrogens with one attached hydrogen (secondary N) is 3. The van der Waals surface area contributed by atoms with Crippen LogP contribution in [0, 0.1) is 0 Å². The van der Waals surface area contributed by atoms with E-state index in [2.05, 4.69) is 10.6 Å². The van der Waals surface area contributed by atoms with E-state index in [4.69, 9.17) is 0 Å². The second kappa shape index (κ2) is 7.39. The van der Waals surface area contributed by atoms with Crippen molar-refractivity contribution in [2.45, 2.75) is 6.04 Å². The largest absolute Gasteiger partial charge is 0.346 e. The van der Waals surface area contributed by atoms with Crippen LogP contribution in [-0.4, -0.2) is 38.0 Å². The molecule has 1 aromatic carbocycles. The molecule has 3 rings (SSSR count). The third-order valence-corrected chi connectivity index (χ3v) is 4.82. The van der Waals surface area contributed by atoms with Crippen LogP contribution in [0.25, 0.3) is 0 Å². The highest BCUT2D eigenvalue weighted by molar-refractivity contribution is 7.10. The van der Waals surface area contributed by atoms with Crippen LogP contribution in [0.1, 0.15) is 16.5 Å². The van der Waals surface area contributed by atoms with Gasteiger partial charge in [0.15, 0.2) is 13.1 Å². The van der Waals surface area contributed by atoms with Crippen LogP contribution in [0.3, 0.4) is 0 Å². The molecular weight excluding hydrogens is 310 g/mol. The lowest BCUT2D eigenvalue weighted by atomic mass is 10.1. The number of benzene rings is 1. The molecule has 3 N–H and O–H groups in total. The first kappa shape index (κ1) is 15.7. The second-order valence-corrected chi connectivity index (χ2v) is 6.61.